The molecule has 0 saturated heterocycles. The number of hydrogen-bond acceptors (Lipinski definition) is 1. The largest absolute Gasteiger partial charge is 0.416 e. The van der Waals surface area contributed by atoms with Gasteiger partial charge in [-0.15, -0.1) is 0 Å². The highest BCUT2D eigenvalue weighted by Gasteiger charge is 2.33. The van der Waals surface area contributed by atoms with Crippen molar-refractivity contribution < 1.29 is 18.0 Å². The maximum absolute atomic E-state index is 12.8. The summed E-state index contributed by atoms with van der Waals surface area (Å²) >= 11 is 0. The molecule has 1 aliphatic carbocycles. The van der Waals surface area contributed by atoms with Crippen molar-refractivity contribution in [1.29, 1.82) is 0 Å². The van der Waals surface area contributed by atoms with Gasteiger partial charge in [0.05, 0.1) is 12.0 Å². The fourth-order valence-electron chi connectivity index (χ4n) is 3.00. The molecule has 0 radical (unpaired) electrons. The molecule has 1 atom stereocenters. The molecule has 132 valence electrons. The van der Waals surface area contributed by atoms with E-state index >= 15 is 0 Å². The predicted octanol–water partition coefficient (Wildman–Crippen LogP) is 4.39. The molecule has 0 spiro atoms. The molecule has 1 amide bonds. The Morgan fingerprint density at radius 3 is 2.36 bits per heavy atom. The summed E-state index contributed by atoms with van der Waals surface area (Å²) in [4.78, 5) is 12.3. The van der Waals surface area contributed by atoms with Gasteiger partial charge >= 0.3 is 6.18 Å². The molecular weight excluding hydrogens is 327 g/mol. The Kier molecular flexibility index (Phi) is 5.11. The van der Waals surface area contributed by atoms with Crippen LogP contribution in [0.15, 0.2) is 54.6 Å². The maximum Gasteiger partial charge on any atom is 0.416 e. The average Bonchev–Trinajstić information content (AvgIpc) is 3.39. The topological polar surface area (TPSA) is 29.1 Å². The van der Waals surface area contributed by atoms with E-state index in [2.05, 4.69) is 5.32 Å². The number of amides is 1. The summed E-state index contributed by atoms with van der Waals surface area (Å²) in [6, 6.07) is 14.9. The van der Waals surface area contributed by atoms with Gasteiger partial charge in [0.25, 0.3) is 0 Å². The second kappa shape index (κ2) is 7.30. The molecular formula is C20H20F3NO. The van der Waals surface area contributed by atoms with E-state index in [1.165, 1.54) is 6.07 Å². The van der Waals surface area contributed by atoms with E-state index in [9.17, 15) is 18.0 Å². The minimum atomic E-state index is -4.39. The molecule has 2 aromatic carbocycles. The molecule has 1 N–H and O–H groups in total. The molecule has 1 fully saturated rings. The summed E-state index contributed by atoms with van der Waals surface area (Å²) in [6.45, 7) is 0. The molecule has 2 aromatic rings. The number of hydrogen-bond donors (Lipinski definition) is 1. The van der Waals surface area contributed by atoms with Crippen LogP contribution in [0.1, 0.15) is 29.5 Å². The number of benzene rings is 2. The molecule has 1 aliphatic rings. The zero-order valence-electron chi connectivity index (χ0n) is 13.7. The van der Waals surface area contributed by atoms with Crippen LogP contribution >= 0.6 is 0 Å². The molecule has 25 heavy (non-hydrogen) atoms. The third-order valence-electron chi connectivity index (χ3n) is 4.45. The molecule has 1 saturated carbocycles. The van der Waals surface area contributed by atoms with Crippen LogP contribution in [0.25, 0.3) is 0 Å². The van der Waals surface area contributed by atoms with Crippen LogP contribution in [0.3, 0.4) is 0 Å². The zero-order valence-corrected chi connectivity index (χ0v) is 13.7. The van der Waals surface area contributed by atoms with Crippen molar-refractivity contribution in [3.05, 3.63) is 71.3 Å². The van der Waals surface area contributed by atoms with Crippen LogP contribution in [0.5, 0.6) is 0 Å². The molecule has 0 aromatic heterocycles. The van der Waals surface area contributed by atoms with E-state index in [1.807, 2.05) is 30.3 Å². The fraction of sp³-hybridized carbons (Fsp3) is 0.350. The summed E-state index contributed by atoms with van der Waals surface area (Å²) in [5.41, 5.74) is 0.807. The predicted molar refractivity (Wildman–Crippen MR) is 89.9 cm³/mol. The van der Waals surface area contributed by atoms with Crippen LogP contribution in [-0.4, -0.2) is 11.9 Å². The van der Waals surface area contributed by atoms with Gasteiger partial charge in [0.15, 0.2) is 0 Å². The Morgan fingerprint density at radius 1 is 1.04 bits per heavy atom. The minimum absolute atomic E-state index is 0.0398. The quantitative estimate of drug-likeness (QED) is 0.825. The van der Waals surface area contributed by atoms with Crippen LogP contribution in [0, 0.1) is 5.92 Å². The molecule has 5 heteroatoms. The Bertz CT molecular complexity index is 723. The molecule has 0 aliphatic heterocycles. The van der Waals surface area contributed by atoms with E-state index in [4.69, 9.17) is 0 Å². The van der Waals surface area contributed by atoms with E-state index < -0.39 is 11.7 Å². The molecule has 2 nitrogen and oxygen atoms in total. The molecule has 0 bridgehead atoms. The average molecular weight is 347 g/mol. The van der Waals surface area contributed by atoms with E-state index in [-0.39, 0.29) is 18.4 Å². The first kappa shape index (κ1) is 17.5. The van der Waals surface area contributed by atoms with Crippen LogP contribution in [0.2, 0.25) is 0 Å². The third-order valence-corrected chi connectivity index (χ3v) is 4.45. The van der Waals surface area contributed by atoms with Crippen molar-refractivity contribution in [3.63, 3.8) is 0 Å². The lowest BCUT2D eigenvalue weighted by molar-refractivity contribution is -0.137. The van der Waals surface area contributed by atoms with Crippen molar-refractivity contribution in [2.45, 2.75) is 37.9 Å². The lowest BCUT2D eigenvalue weighted by Crippen LogP contribution is -2.39. The number of nitrogens with one attached hydrogen (secondary N) is 1. The maximum atomic E-state index is 12.8. The van der Waals surface area contributed by atoms with Crippen LogP contribution in [-0.2, 0) is 23.8 Å². The van der Waals surface area contributed by atoms with Gasteiger partial charge in [0, 0.05) is 6.04 Å². The number of alkyl halides is 3. The van der Waals surface area contributed by atoms with Gasteiger partial charge in [-0.3, -0.25) is 4.79 Å². The van der Waals surface area contributed by atoms with Crippen LogP contribution < -0.4 is 5.32 Å². The van der Waals surface area contributed by atoms with Gasteiger partial charge in [-0.2, -0.15) is 13.2 Å². The Balaban J connectivity index is 1.62. The number of halogens is 3. The van der Waals surface area contributed by atoms with Crippen molar-refractivity contribution in [2.75, 3.05) is 0 Å². The summed E-state index contributed by atoms with van der Waals surface area (Å²) in [6.07, 6.45) is -1.51. The number of carbonyl (C=O) groups excluding carboxylic acids is 1. The van der Waals surface area contributed by atoms with Crippen LogP contribution in [0.4, 0.5) is 13.2 Å². The number of rotatable bonds is 6. The Morgan fingerprint density at radius 2 is 1.72 bits per heavy atom. The van der Waals surface area contributed by atoms with Gasteiger partial charge in [-0.05, 0) is 42.4 Å². The molecule has 1 unspecified atom stereocenters. The normalized spacial score (nSPS) is 15.6. The summed E-state index contributed by atoms with van der Waals surface area (Å²) in [5.74, 6) is 0.234. The van der Waals surface area contributed by atoms with Crippen molar-refractivity contribution in [3.8, 4) is 0 Å². The second-order valence-corrected chi connectivity index (χ2v) is 6.58. The van der Waals surface area contributed by atoms with Crippen molar-refractivity contribution >= 4 is 5.91 Å². The monoisotopic (exact) mass is 347 g/mol. The second-order valence-electron chi connectivity index (χ2n) is 6.58. The Hall–Kier alpha value is -2.30. The first-order valence-electron chi connectivity index (χ1n) is 8.41. The minimum Gasteiger partial charge on any atom is -0.352 e. The van der Waals surface area contributed by atoms with Crippen molar-refractivity contribution in [2.24, 2.45) is 5.92 Å². The standard InChI is InChI=1S/C20H20F3NO/c21-20(22,23)17-8-4-7-15(11-17)13-19(25)24-18(16-9-10-16)12-14-5-2-1-3-6-14/h1-8,11,16,18H,9-10,12-13H2,(H,24,25). The molecule has 3 rings (SSSR count). The first-order valence-corrected chi connectivity index (χ1v) is 8.41. The number of carbonyl (C=O) groups is 1. The SMILES string of the molecule is O=C(Cc1cccc(C(F)(F)F)c1)NC(Cc1ccccc1)C1CC1. The highest BCUT2D eigenvalue weighted by molar-refractivity contribution is 5.79. The van der Waals surface area contributed by atoms with Gasteiger partial charge in [-0.1, -0.05) is 48.5 Å². The zero-order chi connectivity index (χ0) is 17.9. The summed E-state index contributed by atoms with van der Waals surface area (Å²) < 4.78 is 38.3. The highest BCUT2D eigenvalue weighted by Crippen LogP contribution is 2.34. The van der Waals surface area contributed by atoms with E-state index in [0.29, 0.717) is 11.5 Å². The first-order chi connectivity index (χ1) is 11.9. The summed E-state index contributed by atoms with van der Waals surface area (Å²) in [7, 11) is 0. The van der Waals surface area contributed by atoms with Gasteiger partial charge in [0.2, 0.25) is 5.91 Å². The lowest BCUT2D eigenvalue weighted by Gasteiger charge is -2.19. The lowest BCUT2D eigenvalue weighted by atomic mass is 10.0. The summed E-state index contributed by atoms with van der Waals surface area (Å²) in [5, 5.41) is 3.01. The molecule has 0 heterocycles. The van der Waals surface area contributed by atoms with Crippen molar-refractivity contribution in [1.82, 2.24) is 5.32 Å². The van der Waals surface area contributed by atoms with Gasteiger partial charge < -0.3 is 5.32 Å². The highest BCUT2D eigenvalue weighted by atomic mass is 19.4. The third kappa shape index (κ3) is 5.08. The van der Waals surface area contributed by atoms with E-state index in [0.717, 1.165) is 37.0 Å². The smallest absolute Gasteiger partial charge is 0.352 e. The van der Waals surface area contributed by atoms with Gasteiger partial charge in [0.1, 0.15) is 0 Å². The van der Waals surface area contributed by atoms with Gasteiger partial charge in [-0.25, -0.2) is 0 Å². The van der Waals surface area contributed by atoms with E-state index in [1.54, 1.807) is 6.07 Å². The fourth-order valence-corrected chi connectivity index (χ4v) is 3.00. The Labute approximate surface area is 145 Å².